The molecule has 2 N–H and O–H groups in total. The Morgan fingerprint density at radius 1 is 1.12 bits per heavy atom. The predicted molar refractivity (Wildman–Crippen MR) is 68.2 cm³/mol. The van der Waals surface area contributed by atoms with Crippen LogP contribution >= 0.6 is 23.2 Å². The van der Waals surface area contributed by atoms with Crippen LogP contribution in [0.2, 0.25) is 10.0 Å². The zero-order valence-electron chi connectivity index (χ0n) is 9.11. The van der Waals surface area contributed by atoms with Crippen molar-refractivity contribution >= 4 is 29.2 Å². The van der Waals surface area contributed by atoms with Crippen molar-refractivity contribution < 1.29 is 0 Å². The molecule has 1 heterocycles. The Morgan fingerprint density at radius 2 is 1.76 bits per heavy atom. The minimum atomic E-state index is 0.204. The zero-order valence-corrected chi connectivity index (χ0v) is 10.6. The molecule has 0 saturated carbocycles. The van der Waals surface area contributed by atoms with E-state index in [9.17, 15) is 0 Å². The Balaban J connectivity index is 2.38. The van der Waals surface area contributed by atoms with Gasteiger partial charge in [-0.2, -0.15) is 9.97 Å². The van der Waals surface area contributed by atoms with Gasteiger partial charge in [-0.1, -0.05) is 29.3 Å². The third-order valence-corrected chi connectivity index (χ3v) is 2.92. The summed E-state index contributed by atoms with van der Waals surface area (Å²) in [6.07, 6.45) is 0.437. The van der Waals surface area contributed by atoms with Gasteiger partial charge in [0.05, 0.1) is 0 Å². The van der Waals surface area contributed by atoms with Gasteiger partial charge in [-0.3, -0.25) is 0 Å². The van der Waals surface area contributed by atoms with Crippen molar-refractivity contribution in [1.82, 2.24) is 15.0 Å². The van der Waals surface area contributed by atoms with Gasteiger partial charge < -0.3 is 5.73 Å². The van der Waals surface area contributed by atoms with Gasteiger partial charge in [0, 0.05) is 16.5 Å². The summed E-state index contributed by atoms with van der Waals surface area (Å²) in [6.45, 7) is 1.76. The van der Waals surface area contributed by atoms with Crippen LogP contribution in [0.5, 0.6) is 0 Å². The van der Waals surface area contributed by atoms with E-state index < -0.39 is 0 Å². The summed E-state index contributed by atoms with van der Waals surface area (Å²) >= 11 is 12.1. The van der Waals surface area contributed by atoms with E-state index in [0.29, 0.717) is 28.1 Å². The van der Waals surface area contributed by atoms with Crippen molar-refractivity contribution in [3.63, 3.8) is 0 Å². The fraction of sp³-hybridized carbons (Fsp3) is 0.182. The maximum atomic E-state index is 6.07. The lowest BCUT2D eigenvalue weighted by Crippen LogP contribution is -2.06. The minimum Gasteiger partial charge on any atom is -0.368 e. The Labute approximate surface area is 109 Å². The SMILES string of the molecule is Cc1nc(N)nc(Cc2c(Cl)cccc2Cl)n1. The molecule has 1 aromatic heterocycles. The molecule has 0 aliphatic rings. The summed E-state index contributed by atoms with van der Waals surface area (Å²) in [7, 11) is 0. The second-order valence-corrected chi connectivity index (χ2v) is 4.35. The number of halogens is 2. The summed E-state index contributed by atoms with van der Waals surface area (Å²) in [5, 5.41) is 1.18. The third-order valence-electron chi connectivity index (χ3n) is 2.21. The zero-order chi connectivity index (χ0) is 12.4. The second-order valence-electron chi connectivity index (χ2n) is 3.53. The average molecular weight is 269 g/mol. The van der Waals surface area contributed by atoms with Crippen molar-refractivity contribution in [1.29, 1.82) is 0 Å². The van der Waals surface area contributed by atoms with Gasteiger partial charge in [0.25, 0.3) is 0 Å². The Bertz CT molecular complexity index is 517. The van der Waals surface area contributed by atoms with Crippen LogP contribution in [-0.4, -0.2) is 15.0 Å². The van der Waals surface area contributed by atoms with E-state index in [1.807, 2.05) is 0 Å². The van der Waals surface area contributed by atoms with Crippen molar-refractivity contribution in [3.05, 3.63) is 45.5 Å². The van der Waals surface area contributed by atoms with Crippen molar-refractivity contribution in [2.45, 2.75) is 13.3 Å². The number of hydrogen-bond acceptors (Lipinski definition) is 4. The van der Waals surface area contributed by atoms with Crippen LogP contribution in [0.15, 0.2) is 18.2 Å². The Hall–Kier alpha value is -1.39. The van der Waals surface area contributed by atoms with Crippen LogP contribution in [0.3, 0.4) is 0 Å². The summed E-state index contributed by atoms with van der Waals surface area (Å²) < 4.78 is 0. The highest BCUT2D eigenvalue weighted by Gasteiger charge is 2.09. The highest BCUT2D eigenvalue weighted by molar-refractivity contribution is 6.36. The summed E-state index contributed by atoms with van der Waals surface area (Å²) in [5.74, 6) is 1.34. The van der Waals surface area contributed by atoms with Crippen LogP contribution in [0.4, 0.5) is 5.95 Å². The fourth-order valence-corrected chi connectivity index (χ4v) is 2.03. The van der Waals surface area contributed by atoms with Crippen LogP contribution in [0.1, 0.15) is 17.2 Å². The third kappa shape index (κ3) is 2.84. The molecule has 1 aromatic carbocycles. The van der Waals surface area contributed by atoms with E-state index >= 15 is 0 Å². The molecule has 6 heteroatoms. The van der Waals surface area contributed by atoms with E-state index in [1.165, 1.54) is 0 Å². The molecule has 0 spiro atoms. The quantitative estimate of drug-likeness (QED) is 0.910. The fourth-order valence-electron chi connectivity index (χ4n) is 1.50. The Kier molecular flexibility index (Phi) is 3.45. The molecule has 2 rings (SSSR count). The number of hydrogen-bond donors (Lipinski definition) is 1. The number of anilines is 1. The van der Waals surface area contributed by atoms with Gasteiger partial charge >= 0.3 is 0 Å². The maximum absolute atomic E-state index is 6.07. The monoisotopic (exact) mass is 268 g/mol. The van der Waals surface area contributed by atoms with Crippen LogP contribution in [0.25, 0.3) is 0 Å². The van der Waals surface area contributed by atoms with Crippen LogP contribution in [0, 0.1) is 6.92 Å². The molecule has 0 amide bonds. The molecule has 0 aliphatic heterocycles. The van der Waals surface area contributed by atoms with E-state index in [2.05, 4.69) is 15.0 Å². The highest BCUT2D eigenvalue weighted by atomic mass is 35.5. The van der Waals surface area contributed by atoms with Crippen molar-refractivity contribution in [3.8, 4) is 0 Å². The van der Waals surface area contributed by atoms with Crippen molar-refractivity contribution in [2.24, 2.45) is 0 Å². The molecule has 0 fully saturated rings. The predicted octanol–water partition coefficient (Wildman–Crippen LogP) is 2.66. The number of nitrogen functional groups attached to an aromatic ring is 1. The lowest BCUT2D eigenvalue weighted by Gasteiger charge is -2.06. The highest BCUT2D eigenvalue weighted by Crippen LogP contribution is 2.25. The van der Waals surface area contributed by atoms with Crippen LogP contribution < -0.4 is 5.73 Å². The molecule has 0 atom stereocenters. The van der Waals surface area contributed by atoms with Gasteiger partial charge in [-0.15, -0.1) is 0 Å². The average Bonchev–Trinajstić information content (AvgIpc) is 2.22. The minimum absolute atomic E-state index is 0.204. The maximum Gasteiger partial charge on any atom is 0.223 e. The smallest absolute Gasteiger partial charge is 0.223 e. The molecule has 4 nitrogen and oxygen atoms in total. The molecule has 0 saturated heterocycles. The first-order valence-electron chi connectivity index (χ1n) is 4.96. The molecular weight excluding hydrogens is 259 g/mol. The van der Waals surface area contributed by atoms with Gasteiger partial charge in [0.2, 0.25) is 5.95 Å². The standard InChI is InChI=1S/C11H10Cl2N4/c1-6-15-10(17-11(14)16-6)5-7-8(12)3-2-4-9(7)13/h2-4H,5H2,1H3,(H2,14,15,16,17). The van der Waals surface area contributed by atoms with Gasteiger partial charge in [0.1, 0.15) is 11.6 Å². The summed E-state index contributed by atoms with van der Waals surface area (Å²) in [4.78, 5) is 12.2. The lowest BCUT2D eigenvalue weighted by atomic mass is 10.1. The number of benzene rings is 1. The number of nitrogens with two attached hydrogens (primary N) is 1. The molecule has 0 unspecified atom stereocenters. The molecule has 2 aromatic rings. The first-order chi connectivity index (χ1) is 8.06. The second kappa shape index (κ2) is 4.85. The topological polar surface area (TPSA) is 64.7 Å². The van der Waals surface area contributed by atoms with E-state index in [4.69, 9.17) is 28.9 Å². The molecule has 17 heavy (non-hydrogen) atoms. The molecule has 0 bridgehead atoms. The van der Waals surface area contributed by atoms with Crippen LogP contribution in [-0.2, 0) is 6.42 Å². The first kappa shape index (κ1) is 12.1. The lowest BCUT2D eigenvalue weighted by molar-refractivity contribution is 0.890. The van der Waals surface area contributed by atoms with Gasteiger partial charge in [-0.05, 0) is 24.6 Å². The first-order valence-corrected chi connectivity index (χ1v) is 5.72. The van der Waals surface area contributed by atoms with E-state index in [-0.39, 0.29) is 5.95 Å². The molecule has 0 radical (unpaired) electrons. The normalized spacial score (nSPS) is 10.5. The molecular formula is C11H10Cl2N4. The summed E-state index contributed by atoms with van der Waals surface area (Å²) in [5.41, 5.74) is 6.35. The van der Waals surface area contributed by atoms with Gasteiger partial charge in [0.15, 0.2) is 0 Å². The molecule has 0 aliphatic carbocycles. The number of rotatable bonds is 2. The largest absolute Gasteiger partial charge is 0.368 e. The molecule has 88 valence electrons. The number of aryl methyl sites for hydroxylation is 1. The van der Waals surface area contributed by atoms with E-state index in [1.54, 1.807) is 25.1 Å². The van der Waals surface area contributed by atoms with Gasteiger partial charge in [-0.25, -0.2) is 4.98 Å². The summed E-state index contributed by atoms with van der Waals surface area (Å²) in [6, 6.07) is 5.35. The Morgan fingerprint density at radius 3 is 2.35 bits per heavy atom. The number of aromatic nitrogens is 3. The number of nitrogens with zero attached hydrogens (tertiary/aromatic N) is 3. The van der Waals surface area contributed by atoms with Crippen molar-refractivity contribution in [2.75, 3.05) is 5.73 Å². The van der Waals surface area contributed by atoms with E-state index in [0.717, 1.165) is 5.56 Å².